The van der Waals surface area contributed by atoms with Gasteiger partial charge in [-0.05, 0) is 24.9 Å². The SMILES string of the molecule is OB(O)CCCCn1c(-c2cscn2)nc2ccccc21. The van der Waals surface area contributed by atoms with Gasteiger partial charge in [-0.3, -0.25) is 0 Å². The smallest absolute Gasteiger partial charge is 0.427 e. The van der Waals surface area contributed by atoms with Crippen LogP contribution in [0.15, 0.2) is 35.2 Å². The van der Waals surface area contributed by atoms with Crippen LogP contribution in [0, 0.1) is 0 Å². The van der Waals surface area contributed by atoms with E-state index in [-0.39, 0.29) is 0 Å². The summed E-state index contributed by atoms with van der Waals surface area (Å²) < 4.78 is 2.16. The average Bonchev–Trinajstić information content (AvgIpc) is 3.11. The molecule has 0 bridgehead atoms. The minimum atomic E-state index is -1.22. The van der Waals surface area contributed by atoms with Crippen LogP contribution in [0.1, 0.15) is 12.8 Å². The number of hydrogen-bond donors (Lipinski definition) is 2. The number of thiazole rings is 1. The number of rotatable bonds is 6. The fraction of sp³-hybridized carbons (Fsp3) is 0.286. The standard InChI is InChI=1S/C14H16BN3O2S/c19-15(20)7-3-4-8-18-13-6-2-1-5-11(13)17-14(18)12-9-21-10-16-12/h1-2,5-6,9-10,19-20H,3-4,7-8H2. The maximum absolute atomic E-state index is 8.91. The van der Waals surface area contributed by atoms with Gasteiger partial charge in [-0.1, -0.05) is 18.6 Å². The van der Waals surface area contributed by atoms with Crippen LogP contribution in [0.2, 0.25) is 6.32 Å². The molecule has 108 valence electrons. The lowest BCUT2D eigenvalue weighted by Crippen LogP contribution is -2.10. The molecule has 0 saturated heterocycles. The van der Waals surface area contributed by atoms with Crippen molar-refractivity contribution in [2.24, 2.45) is 0 Å². The summed E-state index contributed by atoms with van der Waals surface area (Å²) in [7, 11) is -1.22. The quantitative estimate of drug-likeness (QED) is 0.542. The van der Waals surface area contributed by atoms with Gasteiger partial charge >= 0.3 is 7.12 Å². The second-order valence-corrected chi connectivity index (χ2v) is 5.64. The Balaban J connectivity index is 1.89. The third-order valence-electron chi connectivity index (χ3n) is 3.41. The van der Waals surface area contributed by atoms with Gasteiger partial charge in [0.15, 0.2) is 5.82 Å². The van der Waals surface area contributed by atoms with Crippen molar-refractivity contribution in [3.8, 4) is 11.5 Å². The number of imidazole rings is 1. The molecule has 2 heterocycles. The highest BCUT2D eigenvalue weighted by Gasteiger charge is 2.14. The second-order valence-electron chi connectivity index (χ2n) is 4.93. The van der Waals surface area contributed by atoms with Crippen LogP contribution in [0.3, 0.4) is 0 Å². The minimum absolute atomic E-state index is 0.401. The number of aromatic nitrogens is 3. The summed E-state index contributed by atoms with van der Waals surface area (Å²) in [6.07, 6.45) is 2.04. The third kappa shape index (κ3) is 3.15. The maximum Gasteiger partial charge on any atom is 0.451 e. The van der Waals surface area contributed by atoms with Crippen LogP contribution in [0.25, 0.3) is 22.6 Å². The Hall–Kier alpha value is -1.70. The maximum atomic E-state index is 8.91. The first kappa shape index (κ1) is 14.3. The Morgan fingerprint density at radius 3 is 2.81 bits per heavy atom. The summed E-state index contributed by atoms with van der Waals surface area (Å²) in [5, 5.41) is 19.8. The molecular formula is C14H16BN3O2S. The highest BCUT2D eigenvalue weighted by atomic mass is 32.1. The van der Waals surface area contributed by atoms with Gasteiger partial charge in [-0.15, -0.1) is 11.3 Å². The van der Waals surface area contributed by atoms with E-state index in [9.17, 15) is 0 Å². The summed E-state index contributed by atoms with van der Waals surface area (Å²) in [5.74, 6) is 0.877. The second kappa shape index (κ2) is 6.38. The molecule has 7 heteroatoms. The molecule has 3 aromatic rings. The van der Waals surface area contributed by atoms with Crippen molar-refractivity contribution in [2.75, 3.05) is 0 Å². The van der Waals surface area contributed by atoms with Gasteiger partial charge in [0.1, 0.15) is 5.69 Å². The monoisotopic (exact) mass is 301 g/mol. The van der Waals surface area contributed by atoms with Crippen LogP contribution in [0.4, 0.5) is 0 Å². The van der Waals surface area contributed by atoms with Crippen molar-refractivity contribution in [2.45, 2.75) is 25.7 Å². The molecular weight excluding hydrogens is 285 g/mol. The Labute approximate surface area is 127 Å². The average molecular weight is 301 g/mol. The van der Waals surface area contributed by atoms with E-state index in [1.54, 1.807) is 16.8 Å². The molecule has 0 radical (unpaired) electrons. The molecule has 0 aliphatic carbocycles. The van der Waals surface area contributed by atoms with E-state index in [2.05, 4.69) is 20.6 Å². The predicted octanol–water partition coefficient (Wildman–Crippen LogP) is 2.41. The first-order valence-electron chi connectivity index (χ1n) is 6.95. The number of benzene rings is 1. The highest BCUT2D eigenvalue weighted by Crippen LogP contribution is 2.25. The molecule has 0 saturated carbocycles. The van der Waals surface area contributed by atoms with Gasteiger partial charge < -0.3 is 14.6 Å². The van der Waals surface area contributed by atoms with Gasteiger partial charge in [-0.2, -0.15) is 0 Å². The van der Waals surface area contributed by atoms with Crippen LogP contribution in [-0.4, -0.2) is 31.7 Å². The van der Waals surface area contributed by atoms with Crippen molar-refractivity contribution in [1.82, 2.24) is 14.5 Å². The molecule has 21 heavy (non-hydrogen) atoms. The molecule has 3 rings (SSSR count). The lowest BCUT2D eigenvalue weighted by Gasteiger charge is -2.07. The van der Waals surface area contributed by atoms with E-state index in [1.807, 2.05) is 23.6 Å². The summed E-state index contributed by atoms with van der Waals surface area (Å²) in [6, 6.07) is 8.04. The number of unbranched alkanes of at least 4 members (excludes halogenated alkanes) is 1. The predicted molar refractivity (Wildman–Crippen MR) is 85.1 cm³/mol. The van der Waals surface area contributed by atoms with Gasteiger partial charge in [-0.25, -0.2) is 9.97 Å². The van der Waals surface area contributed by atoms with Gasteiger partial charge in [0.2, 0.25) is 0 Å². The van der Waals surface area contributed by atoms with Crippen molar-refractivity contribution in [3.05, 3.63) is 35.2 Å². The van der Waals surface area contributed by atoms with Gasteiger partial charge in [0.05, 0.1) is 16.5 Å². The summed E-state index contributed by atoms with van der Waals surface area (Å²) in [4.78, 5) is 9.03. The lowest BCUT2D eigenvalue weighted by atomic mass is 9.84. The van der Waals surface area contributed by atoms with E-state index >= 15 is 0 Å². The number of fused-ring (bicyclic) bond motifs is 1. The number of para-hydroxylation sites is 2. The molecule has 0 spiro atoms. The molecule has 0 fully saturated rings. The van der Waals surface area contributed by atoms with E-state index in [0.717, 1.165) is 41.9 Å². The van der Waals surface area contributed by atoms with Crippen LogP contribution in [0.5, 0.6) is 0 Å². The molecule has 0 atom stereocenters. The molecule has 1 aromatic carbocycles. The Bertz CT molecular complexity index is 712. The van der Waals surface area contributed by atoms with E-state index in [4.69, 9.17) is 10.0 Å². The van der Waals surface area contributed by atoms with Gasteiger partial charge in [0, 0.05) is 11.9 Å². The Morgan fingerprint density at radius 1 is 1.19 bits per heavy atom. The van der Waals surface area contributed by atoms with Crippen molar-refractivity contribution in [1.29, 1.82) is 0 Å². The normalized spacial score (nSPS) is 11.1. The fourth-order valence-corrected chi connectivity index (χ4v) is 2.95. The zero-order chi connectivity index (χ0) is 14.7. The summed E-state index contributed by atoms with van der Waals surface area (Å²) in [6.45, 7) is 0.792. The summed E-state index contributed by atoms with van der Waals surface area (Å²) >= 11 is 1.55. The lowest BCUT2D eigenvalue weighted by molar-refractivity contribution is 0.401. The van der Waals surface area contributed by atoms with E-state index < -0.39 is 7.12 Å². The topological polar surface area (TPSA) is 71.2 Å². The van der Waals surface area contributed by atoms with E-state index in [0.29, 0.717) is 6.32 Å². The zero-order valence-corrected chi connectivity index (χ0v) is 12.3. The number of nitrogens with zero attached hydrogens (tertiary/aromatic N) is 3. The number of hydrogen-bond acceptors (Lipinski definition) is 5. The number of aryl methyl sites for hydroxylation is 1. The molecule has 5 nitrogen and oxygen atoms in total. The minimum Gasteiger partial charge on any atom is -0.427 e. The van der Waals surface area contributed by atoms with Crippen molar-refractivity contribution >= 4 is 29.5 Å². The van der Waals surface area contributed by atoms with Crippen LogP contribution < -0.4 is 0 Å². The first-order valence-corrected chi connectivity index (χ1v) is 7.90. The largest absolute Gasteiger partial charge is 0.451 e. The first-order chi connectivity index (χ1) is 10.3. The molecule has 0 aliphatic heterocycles. The third-order valence-corrected chi connectivity index (χ3v) is 4.00. The molecule has 0 amide bonds. The van der Waals surface area contributed by atoms with Crippen molar-refractivity contribution < 1.29 is 10.0 Å². The fourth-order valence-electron chi connectivity index (χ4n) is 2.42. The van der Waals surface area contributed by atoms with E-state index in [1.165, 1.54) is 0 Å². The highest BCUT2D eigenvalue weighted by molar-refractivity contribution is 7.07. The molecule has 0 aliphatic rings. The zero-order valence-electron chi connectivity index (χ0n) is 11.5. The van der Waals surface area contributed by atoms with Gasteiger partial charge in [0.25, 0.3) is 0 Å². The molecule has 0 unspecified atom stereocenters. The molecule has 2 N–H and O–H groups in total. The van der Waals surface area contributed by atoms with Crippen LogP contribution in [-0.2, 0) is 6.54 Å². The Kier molecular flexibility index (Phi) is 4.33. The van der Waals surface area contributed by atoms with Crippen molar-refractivity contribution in [3.63, 3.8) is 0 Å². The molecule has 2 aromatic heterocycles. The van der Waals surface area contributed by atoms with Crippen LogP contribution >= 0.6 is 11.3 Å². The summed E-state index contributed by atoms with van der Waals surface area (Å²) in [5.41, 5.74) is 4.74. The Morgan fingerprint density at radius 2 is 2.05 bits per heavy atom.